The minimum Gasteiger partial charge on any atom is -0.368 e. The molecule has 0 fully saturated rings. The lowest BCUT2D eigenvalue weighted by atomic mass is 10.1. The van der Waals surface area contributed by atoms with E-state index in [2.05, 4.69) is 51.7 Å². The number of fused-ring (bicyclic) bond motifs is 1. The van der Waals surface area contributed by atoms with Gasteiger partial charge in [-0.1, -0.05) is 18.2 Å². The van der Waals surface area contributed by atoms with E-state index in [4.69, 9.17) is 12.2 Å². The third-order valence-electron chi connectivity index (χ3n) is 4.37. The molecule has 3 rings (SSSR count). The van der Waals surface area contributed by atoms with Crippen LogP contribution in [0.2, 0.25) is 0 Å². The number of rotatable bonds is 5. The summed E-state index contributed by atoms with van der Waals surface area (Å²) in [5.41, 5.74) is 4.01. The summed E-state index contributed by atoms with van der Waals surface area (Å²) < 4.78 is 0. The third kappa shape index (κ3) is 4.03. The Bertz CT molecular complexity index is 716. The number of thiocarbonyl (C=S) groups is 1. The lowest BCUT2D eigenvalue weighted by molar-refractivity contribution is 0.641. The largest absolute Gasteiger partial charge is 0.368 e. The maximum absolute atomic E-state index is 5.34. The van der Waals surface area contributed by atoms with Crippen molar-refractivity contribution >= 4 is 28.8 Å². The third-order valence-corrected chi connectivity index (χ3v) is 4.61. The van der Waals surface area contributed by atoms with Crippen LogP contribution >= 0.6 is 12.2 Å². The summed E-state index contributed by atoms with van der Waals surface area (Å²) in [4.78, 5) is 6.75. The molecule has 24 heavy (non-hydrogen) atoms. The second-order valence-electron chi connectivity index (χ2n) is 6.33. The van der Waals surface area contributed by atoms with E-state index in [0.29, 0.717) is 11.2 Å². The van der Waals surface area contributed by atoms with E-state index < -0.39 is 0 Å². The van der Waals surface area contributed by atoms with Gasteiger partial charge in [-0.2, -0.15) is 0 Å². The van der Waals surface area contributed by atoms with Gasteiger partial charge in [0.15, 0.2) is 5.11 Å². The van der Waals surface area contributed by atoms with Gasteiger partial charge in [0.25, 0.3) is 0 Å². The molecule has 5 heteroatoms. The van der Waals surface area contributed by atoms with Crippen LogP contribution in [-0.2, 0) is 6.42 Å². The summed E-state index contributed by atoms with van der Waals surface area (Å²) in [5, 5.41) is 7.03. The van der Waals surface area contributed by atoms with Crippen molar-refractivity contribution in [3.8, 4) is 0 Å². The zero-order valence-electron chi connectivity index (χ0n) is 14.2. The molecule has 0 aliphatic carbocycles. The average molecular weight is 340 g/mol. The van der Waals surface area contributed by atoms with E-state index in [0.717, 1.165) is 37.3 Å². The van der Waals surface area contributed by atoms with E-state index in [1.54, 1.807) is 6.20 Å². The molecule has 2 aromatic rings. The van der Waals surface area contributed by atoms with Gasteiger partial charge in [0.1, 0.15) is 5.82 Å². The molecule has 1 unspecified atom stereocenters. The molecule has 126 valence electrons. The van der Waals surface area contributed by atoms with Crippen LogP contribution in [0.25, 0.3) is 0 Å². The number of hydrogen-bond donors (Lipinski definition) is 2. The SMILES string of the molecule is Cc1ccnc(NC(=S)NCCCN2c3ccccc3CC2C)c1. The molecule has 0 amide bonds. The Morgan fingerprint density at radius 1 is 1.33 bits per heavy atom. The van der Waals surface area contributed by atoms with Gasteiger partial charge < -0.3 is 15.5 Å². The Labute approximate surface area is 149 Å². The van der Waals surface area contributed by atoms with Crippen LogP contribution in [-0.4, -0.2) is 29.2 Å². The van der Waals surface area contributed by atoms with Crippen LogP contribution in [0, 0.1) is 6.92 Å². The quantitative estimate of drug-likeness (QED) is 0.644. The van der Waals surface area contributed by atoms with Crippen molar-refractivity contribution in [2.24, 2.45) is 0 Å². The Balaban J connectivity index is 1.43. The predicted molar refractivity (Wildman–Crippen MR) is 105 cm³/mol. The second kappa shape index (κ2) is 7.62. The number of nitrogens with one attached hydrogen (secondary N) is 2. The van der Waals surface area contributed by atoms with Crippen molar-refractivity contribution < 1.29 is 0 Å². The molecule has 0 spiro atoms. The molecule has 1 aromatic heterocycles. The van der Waals surface area contributed by atoms with Gasteiger partial charge in [-0.3, -0.25) is 0 Å². The van der Waals surface area contributed by atoms with Crippen molar-refractivity contribution in [3.63, 3.8) is 0 Å². The highest BCUT2D eigenvalue weighted by molar-refractivity contribution is 7.80. The number of anilines is 2. The number of para-hydroxylation sites is 1. The van der Waals surface area contributed by atoms with Crippen molar-refractivity contribution in [2.45, 2.75) is 32.7 Å². The number of pyridine rings is 1. The van der Waals surface area contributed by atoms with Gasteiger partial charge in [-0.25, -0.2) is 4.98 Å². The highest BCUT2D eigenvalue weighted by Crippen LogP contribution is 2.31. The average Bonchev–Trinajstić information content (AvgIpc) is 2.87. The van der Waals surface area contributed by atoms with Crippen LogP contribution in [0.4, 0.5) is 11.5 Å². The first kappa shape index (κ1) is 16.7. The fraction of sp³-hybridized carbons (Fsp3) is 0.368. The fourth-order valence-electron chi connectivity index (χ4n) is 3.19. The molecule has 2 heterocycles. The van der Waals surface area contributed by atoms with E-state index in [1.165, 1.54) is 11.3 Å². The van der Waals surface area contributed by atoms with Gasteiger partial charge >= 0.3 is 0 Å². The molecular formula is C19H24N4S. The highest BCUT2D eigenvalue weighted by Gasteiger charge is 2.24. The van der Waals surface area contributed by atoms with E-state index in [9.17, 15) is 0 Å². The molecule has 0 saturated carbocycles. The lowest BCUT2D eigenvalue weighted by Crippen LogP contribution is -2.34. The lowest BCUT2D eigenvalue weighted by Gasteiger charge is -2.25. The van der Waals surface area contributed by atoms with Crippen LogP contribution < -0.4 is 15.5 Å². The highest BCUT2D eigenvalue weighted by atomic mass is 32.1. The standard InChI is InChI=1S/C19H24N4S/c1-14-8-10-20-18(12-14)22-19(24)21-9-5-11-23-15(2)13-16-6-3-4-7-17(16)23/h3-4,6-8,10,12,15H,5,9,11,13H2,1-2H3,(H2,20,21,22,24). The van der Waals surface area contributed by atoms with E-state index in [1.807, 2.05) is 19.1 Å². The van der Waals surface area contributed by atoms with Crippen LogP contribution in [0.3, 0.4) is 0 Å². The van der Waals surface area contributed by atoms with Crippen LogP contribution in [0.15, 0.2) is 42.6 Å². The Morgan fingerprint density at radius 2 is 2.17 bits per heavy atom. The van der Waals surface area contributed by atoms with Gasteiger partial charge in [0, 0.05) is 31.0 Å². The van der Waals surface area contributed by atoms with Crippen molar-refractivity contribution in [1.82, 2.24) is 10.3 Å². The first-order valence-electron chi connectivity index (χ1n) is 8.45. The molecular weight excluding hydrogens is 316 g/mol. The number of hydrogen-bond acceptors (Lipinski definition) is 3. The molecule has 1 aromatic carbocycles. The van der Waals surface area contributed by atoms with Gasteiger partial charge in [0.05, 0.1) is 0 Å². The molecule has 0 radical (unpaired) electrons. The zero-order chi connectivity index (χ0) is 16.9. The minimum atomic E-state index is 0.573. The Kier molecular flexibility index (Phi) is 5.30. The van der Waals surface area contributed by atoms with Gasteiger partial charge in [0.2, 0.25) is 0 Å². The Morgan fingerprint density at radius 3 is 3.00 bits per heavy atom. The number of aromatic nitrogens is 1. The molecule has 0 bridgehead atoms. The Hall–Kier alpha value is -2.14. The summed E-state index contributed by atoms with van der Waals surface area (Å²) in [6.07, 6.45) is 3.97. The van der Waals surface area contributed by atoms with Crippen molar-refractivity contribution in [2.75, 3.05) is 23.3 Å². The molecule has 1 aliphatic rings. The van der Waals surface area contributed by atoms with E-state index in [-0.39, 0.29) is 0 Å². The van der Waals surface area contributed by atoms with E-state index >= 15 is 0 Å². The molecule has 2 N–H and O–H groups in total. The summed E-state index contributed by atoms with van der Waals surface area (Å²) in [6.45, 7) is 6.22. The van der Waals surface area contributed by atoms with Crippen LogP contribution in [0.5, 0.6) is 0 Å². The first-order valence-corrected chi connectivity index (χ1v) is 8.86. The monoisotopic (exact) mass is 340 g/mol. The number of nitrogens with zero attached hydrogens (tertiary/aromatic N) is 2. The summed E-state index contributed by atoms with van der Waals surface area (Å²) in [7, 11) is 0. The molecule has 1 atom stereocenters. The maximum Gasteiger partial charge on any atom is 0.171 e. The first-order chi connectivity index (χ1) is 11.6. The predicted octanol–water partition coefficient (Wildman–Crippen LogP) is 3.52. The fourth-order valence-corrected chi connectivity index (χ4v) is 3.39. The zero-order valence-corrected chi connectivity index (χ0v) is 15.1. The maximum atomic E-state index is 5.34. The summed E-state index contributed by atoms with van der Waals surface area (Å²) >= 11 is 5.34. The second-order valence-corrected chi connectivity index (χ2v) is 6.74. The molecule has 4 nitrogen and oxygen atoms in total. The smallest absolute Gasteiger partial charge is 0.171 e. The van der Waals surface area contributed by atoms with Gasteiger partial charge in [-0.15, -0.1) is 0 Å². The number of benzene rings is 1. The molecule has 0 saturated heterocycles. The topological polar surface area (TPSA) is 40.2 Å². The van der Waals surface area contributed by atoms with Gasteiger partial charge in [-0.05, 0) is 68.2 Å². The van der Waals surface area contributed by atoms with Crippen molar-refractivity contribution in [1.29, 1.82) is 0 Å². The number of aryl methyl sites for hydroxylation is 1. The van der Waals surface area contributed by atoms with Crippen LogP contribution in [0.1, 0.15) is 24.5 Å². The van der Waals surface area contributed by atoms with Crippen molar-refractivity contribution in [3.05, 3.63) is 53.7 Å². The summed E-state index contributed by atoms with van der Waals surface area (Å²) in [6, 6.07) is 13.2. The summed E-state index contributed by atoms with van der Waals surface area (Å²) in [5.74, 6) is 0.787. The molecule has 1 aliphatic heterocycles. The normalized spacial score (nSPS) is 15.9. The minimum absolute atomic E-state index is 0.573.